The van der Waals surface area contributed by atoms with E-state index in [0.717, 1.165) is 11.3 Å². The molecule has 1 heterocycles. The van der Waals surface area contributed by atoms with Gasteiger partial charge in [0, 0.05) is 17.5 Å². The summed E-state index contributed by atoms with van der Waals surface area (Å²) in [7, 11) is 6.76. The van der Waals surface area contributed by atoms with Crippen molar-refractivity contribution in [2.24, 2.45) is 0 Å². The lowest BCUT2D eigenvalue weighted by Gasteiger charge is -2.13. The molecule has 1 aromatic heterocycles. The second-order valence-corrected chi connectivity index (χ2v) is 7.49. The van der Waals surface area contributed by atoms with Crippen LogP contribution in [0.2, 0.25) is 0 Å². The summed E-state index contributed by atoms with van der Waals surface area (Å²) in [4.78, 5) is 27.4. The Kier molecular flexibility index (Phi) is 9.08. The normalized spacial score (nSPS) is 11.0. The van der Waals surface area contributed by atoms with Gasteiger partial charge in [-0.3, -0.25) is 4.79 Å². The standard InChI is InChI=1S/C25H27NO6.ClH/c1-16-19-11-13-21(31-15-14-26(2)3)22(24(19)32-23(16)25(28)30-5)20(27)12-8-17-6-9-18(29-4)10-7-17;/h6-13H,14-15H2,1-5H3;1H/b12-8+;. The summed E-state index contributed by atoms with van der Waals surface area (Å²) in [6, 6.07) is 10.9. The number of fused-ring (bicyclic) bond motifs is 1. The lowest BCUT2D eigenvalue weighted by Crippen LogP contribution is -2.20. The van der Waals surface area contributed by atoms with Gasteiger partial charge in [-0.25, -0.2) is 4.79 Å². The second kappa shape index (κ2) is 11.5. The van der Waals surface area contributed by atoms with Gasteiger partial charge in [0.2, 0.25) is 5.76 Å². The lowest BCUT2D eigenvalue weighted by molar-refractivity contribution is 0.0566. The molecule has 0 radical (unpaired) electrons. The zero-order valence-corrected chi connectivity index (χ0v) is 20.2. The Hall–Kier alpha value is -3.29. The van der Waals surface area contributed by atoms with Gasteiger partial charge in [-0.1, -0.05) is 18.2 Å². The van der Waals surface area contributed by atoms with Crippen molar-refractivity contribution in [3.63, 3.8) is 0 Å². The van der Waals surface area contributed by atoms with Crippen LogP contribution in [-0.2, 0) is 4.74 Å². The molecule has 0 amide bonds. The topological polar surface area (TPSA) is 78.2 Å². The quantitative estimate of drug-likeness (QED) is 0.251. The van der Waals surface area contributed by atoms with Crippen LogP contribution >= 0.6 is 12.4 Å². The summed E-state index contributed by atoms with van der Waals surface area (Å²) < 4.78 is 21.7. The van der Waals surface area contributed by atoms with Crippen LogP contribution in [0, 0.1) is 6.92 Å². The number of nitrogens with zero attached hydrogens (tertiary/aromatic N) is 1. The van der Waals surface area contributed by atoms with Gasteiger partial charge in [0.25, 0.3) is 0 Å². The molecule has 33 heavy (non-hydrogen) atoms. The highest BCUT2D eigenvalue weighted by Gasteiger charge is 2.24. The van der Waals surface area contributed by atoms with Crippen LogP contribution in [0.4, 0.5) is 0 Å². The Morgan fingerprint density at radius 2 is 1.76 bits per heavy atom. The van der Waals surface area contributed by atoms with Crippen molar-refractivity contribution < 1.29 is 28.2 Å². The molecule has 0 fully saturated rings. The number of allylic oxidation sites excluding steroid dienone is 1. The molecule has 0 atom stereocenters. The van der Waals surface area contributed by atoms with Crippen molar-refractivity contribution in [3.8, 4) is 11.5 Å². The summed E-state index contributed by atoms with van der Waals surface area (Å²) in [5.41, 5.74) is 2.02. The van der Waals surface area contributed by atoms with Gasteiger partial charge in [0.15, 0.2) is 5.78 Å². The summed E-state index contributed by atoms with van der Waals surface area (Å²) >= 11 is 0. The Labute approximate surface area is 199 Å². The fraction of sp³-hybridized carbons (Fsp3) is 0.280. The Bertz CT molecular complexity index is 1150. The third-order valence-corrected chi connectivity index (χ3v) is 5.02. The monoisotopic (exact) mass is 473 g/mol. The van der Waals surface area contributed by atoms with Gasteiger partial charge in [-0.2, -0.15) is 0 Å². The predicted molar refractivity (Wildman–Crippen MR) is 130 cm³/mol. The highest BCUT2D eigenvalue weighted by molar-refractivity contribution is 6.16. The number of esters is 1. The van der Waals surface area contributed by atoms with Crippen LogP contribution < -0.4 is 9.47 Å². The number of ether oxygens (including phenoxy) is 3. The first-order valence-corrected chi connectivity index (χ1v) is 10.1. The van der Waals surface area contributed by atoms with E-state index in [9.17, 15) is 9.59 Å². The number of furan rings is 1. The molecule has 0 bridgehead atoms. The van der Waals surface area contributed by atoms with Crippen molar-refractivity contribution >= 4 is 41.2 Å². The SMILES string of the molecule is COC(=O)c1oc2c(C(=O)/C=C/c3ccc(OC)cc3)c(OCCN(C)C)ccc2c1C.Cl. The van der Waals surface area contributed by atoms with E-state index >= 15 is 0 Å². The molecule has 3 rings (SSSR count). The van der Waals surface area contributed by atoms with E-state index in [2.05, 4.69) is 0 Å². The highest BCUT2D eigenvalue weighted by atomic mass is 35.5. The number of likely N-dealkylation sites (N-methyl/N-ethyl adjacent to an activating group) is 1. The van der Waals surface area contributed by atoms with E-state index < -0.39 is 5.97 Å². The summed E-state index contributed by atoms with van der Waals surface area (Å²) in [5, 5.41) is 0.659. The number of carbonyl (C=O) groups is 2. The van der Waals surface area contributed by atoms with Crippen molar-refractivity contribution in [1.82, 2.24) is 4.90 Å². The molecule has 0 spiro atoms. The maximum absolute atomic E-state index is 13.3. The van der Waals surface area contributed by atoms with Crippen molar-refractivity contribution in [3.05, 3.63) is 64.9 Å². The van der Waals surface area contributed by atoms with Gasteiger partial charge in [-0.05, 0) is 56.9 Å². The molecule has 0 unspecified atom stereocenters. The molecule has 2 aromatic carbocycles. The molecule has 0 aliphatic carbocycles. The number of aryl methyl sites for hydroxylation is 1. The van der Waals surface area contributed by atoms with Gasteiger partial charge < -0.3 is 23.5 Å². The predicted octanol–water partition coefficient (Wildman–Crippen LogP) is 4.79. The molecule has 8 heteroatoms. The van der Waals surface area contributed by atoms with Crippen LogP contribution in [0.1, 0.15) is 32.0 Å². The number of ketones is 1. The van der Waals surface area contributed by atoms with E-state index in [1.54, 1.807) is 32.2 Å². The molecule has 0 saturated carbocycles. The number of rotatable bonds is 9. The number of hydrogen-bond acceptors (Lipinski definition) is 7. The van der Waals surface area contributed by atoms with E-state index in [0.29, 0.717) is 35.4 Å². The average molecular weight is 474 g/mol. The first-order valence-electron chi connectivity index (χ1n) is 10.1. The molecule has 0 aliphatic heterocycles. The molecular formula is C25H28ClNO6. The van der Waals surface area contributed by atoms with Crippen LogP contribution in [0.25, 0.3) is 17.0 Å². The number of halogens is 1. The Balaban J connectivity index is 0.00000385. The Morgan fingerprint density at radius 3 is 2.36 bits per heavy atom. The number of hydrogen-bond donors (Lipinski definition) is 0. The van der Waals surface area contributed by atoms with Crippen molar-refractivity contribution in [1.29, 1.82) is 0 Å². The first kappa shape index (κ1) is 26.0. The average Bonchev–Trinajstić information content (AvgIpc) is 3.13. The Morgan fingerprint density at radius 1 is 1.06 bits per heavy atom. The van der Waals surface area contributed by atoms with E-state index in [1.807, 2.05) is 43.3 Å². The van der Waals surface area contributed by atoms with E-state index in [-0.39, 0.29) is 29.5 Å². The third-order valence-electron chi connectivity index (χ3n) is 5.02. The van der Waals surface area contributed by atoms with E-state index in [1.165, 1.54) is 13.2 Å². The minimum atomic E-state index is -0.596. The van der Waals surface area contributed by atoms with Crippen LogP contribution in [0.15, 0.2) is 46.9 Å². The number of methoxy groups -OCH3 is 2. The maximum Gasteiger partial charge on any atom is 0.374 e. The van der Waals surface area contributed by atoms with Crippen molar-refractivity contribution in [2.75, 3.05) is 41.5 Å². The lowest BCUT2D eigenvalue weighted by atomic mass is 10.0. The molecule has 176 valence electrons. The molecule has 0 N–H and O–H groups in total. The summed E-state index contributed by atoms with van der Waals surface area (Å²) in [6.07, 6.45) is 3.17. The second-order valence-electron chi connectivity index (χ2n) is 7.49. The fourth-order valence-corrected chi connectivity index (χ4v) is 3.22. The van der Waals surface area contributed by atoms with Crippen LogP contribution in [0.5, 0.6) is 11.5 Å². The molecule has 3 aromatic rings. The first-order chi connectivity index (χ1) is 15.3. The van der Waals surface area contributed by atoms with Gasteiger partial charge >= 0.3 is 5.97 Å². The van der Waals surface area contributed by atoms with Gasteiger partial charge in [0.1, 0.15) is 29.3 Å². The third kappa shape index (κ3) is 5.94. The highest BCUT2D eigenvalue weighted by Crippen LogP contribution is 2.34. The zero-order chi connectivity index (χ0) is 23.3. The molecule has 0 aliphatic rings. The molecule has 7 nitrogen and oxygen atoms in total. The van der Waals surface area contributed by atoms with Crippen LogP contribution in [-0.4, -0.2) is 58.1 Å². The van der Waals surface area contributed by atoms with Gasteiger partial charge in [-0.15, -0.1) is 12.4 Å². The van der Waals surface area contributed by atoms with E-state index in [4.69, 9.17) is 18.6 Å². The summed E-state index contributed by atoms with van der Waals surface area (Å²) in [6.45, 7) is 2.83. The number of benzene rings is 2. The maximum atomic E-state index is 13.3. The number of carbonyl (C=O) groups excluding carboxylic acids is 2. The smallest absolute Gasteiger partial charge is 0.374 e. The minimum absolute atomic E-state index is 0. The van der Waals surface area contributed by atoms with Gasteiger partial charge in [0.05, 0.1) is 14.2 Å². The molecular weight excluding hydrogens is 446 g/mol. The van der Waals surface area contributed by atoms with Crippen LogP contribution in [0.3, 0.4) is 0 Å². The minimum Gasteiger partial charge on any atom is -0.497 e. The largest absolute Gasteiger partial charge is 0.497 e. The van der Waals surface area contributed by atoms with Crippen molar-refractivity contribution in [2.45, 2.75) is 6.92 Å². The molecule has 0 saturated heterocycles. The fourth-order valence-electron chi connectivity index (χ4n) is 3.22. The zero-order valence-electron chi connectivity index (χ0n) is 19.3. The summed E-state index contributed by atoms with van der Waals surface area (Å²) in [5.74, 6) is 0.309.